The van der Waals surface area contributed by atoms with Gasteiger partial charge in [-0.2, -0.15) is 4.98 Å². The number of hydrogen-bond acceptors (Lipinski definition) is 6. The largest absolute Gasteiger partial charge is 0.477 e. The Morgan fingerprint density at radius 1 is 1.23 bits per heavy atom. The van der Waals surface area contributed by atoms with Crippen molar-refractivity contribution in [2.45, 2.75) is 5.92 Å². The number of anilines is 2. The number of ether oxygens (including phenoxy) is 1. The lowest BCUT2D eigenvalue weighted by Gasteiger charge is -2.29. The normalized spacial score (nSPS) is 19.3. The molecular weight excluding hydrogens is 336 g/mol. The Kier molecular flexibility index (Phi) is 4.18. The van der Waals surface area contributed by atoms with E-state index in [1.54, 1.807) is 6.08 Å². The first kappa shape index (κ1) is 16.3. The molecule has 3 heterocycles. The fourth-order valence-corrected chi connectivity index (χ4v) is 3.25. The van der Waals surface area contributed by atoms with Crippen LogP contribution in [0.4, 0.5) is 11.8 Å². The third-order valence-corrected chi connectivity index (χ3v) is 4.54. The second-order valence-electron chi connectivity index (χ2n) is 6.15. The third-order valence-electron chi connectivity index (χ3n) is 4.54. The highest BCUT2D eigenvalue weighted by Crippen LogP contribution is 2.34. The average molecular weight is 354 g/mol. The molecule has 3 N–H and O–H groups in total. The number of allylic oxidation sites excluding steroid dienone is 1. The molecule has 4 rings (SSSR count). The quantitative estimate of drug-likeness (QED) is 0.758. The van der Waals surface area contributed by atoms with Gasteiger partial charge in [-0.25, -0.2) is 4.79 Å². The zero-order valence-corrected chi connectivity index (χ0v) is 13.9. The van der Waals surface area contributed by atoms with Crippen LogP contribution in [0.5, 0.6) is 0 Å². The number of rotatable bonds is 3. The molecule has 0 spiro atoms. The van der Waals surface area contributed by atoms with E-state index in [9.17, 15) is 14.7 Å². The van der Waals surface area contributed by atoms with Crippen LogP contribution < -0.4 is 15.8 Å². The van der Waals surface area contributed by atoms with Crippen LogP contribution >= 0.6 is 0 Å². The Bertz CT molecular complexity index is 917. The van der Waals surface area contributed by atoms with E-state index in [0.717, 1.165) is 5.56 Å². The lowest BCUT2D eigenvalue weighted by atomic mass is 9.89. The first-order chi connectivity index (χ1) is 12.6. The third kappa shape index (κ3) is 2.95. The predicted octanol–water partition coefficient (Wildman–Crippen LogP) is 1.13. The van der Waals surface area contributed by atoms with Crippen LogP contribution in [0.2, 0.25) is 0 Å². The van der Waals surface area contributed by atoms with Crippen LogP contribution in [0.3, 0.4) is 0 Å². The van der Waals surface area contributed by atoms with Gasteiger partial charge in [0.05, 0.1) is 18.8 Å². The number of carboxylic acid groups (broad SMARTS) is 1. The molecule has 0 radical (unpaired) electrons. The van der Waals surface area contributed by atoms with Crippen molar-refractivity contribution in [3.63, 3.8) is 0 Å². The van der Waals surface area contributed by atoms with Crippen LogP contribution in [0.15, 0.2) is 46.9 Å². The van der Waals surface area contributed by atoms with Gasteiger partial charge in [-0.15, -0.1) is 0 Å². The van der Waals surface area contributed by atoms with Gasteiger partial charge < -0.3 is 20.1 Å². The van der Waals surface area contributed by atoms with Gasteiger partial charge in [0.2, 0.25) is 5.95 Å². The number of aromatic amines is 1. The van der Waals surface area contributed by atoms with Crippen molar-refractivity contribution >= 4 is 17.7 Å². The molecule has 0 unspecified atom stereocenters. The topological polar surface area (TPSA) is 108 Å². The van der Waals surface area contributed by atoms with Gasteiger partial charge in [0, 0.05) is 19.0 Å². The summed E-state index contributed by atoms with van der Waals surface area (Å²) in [5.41, 5.74) is 0.981. The molecule has 2 aromatic rings. The van der Waals surface area contributed by atoms with E-state index in [-0.39, 0.29) is 17.1 Å². The minimum atomic E-state index is -1.09. The lowest BCUT2D eigenvalue weighted by molar-refractivity contribution is -0.132. The molecule has 1 saturated heterocycles. The summed E-state index contributed by atoms with van der Waals surface area (Å²) >= 11 is 0. The number of carbonyl (C=O) groups is 1. The highest BCUT2D eigenvalue weighted by atomic mass is 16.5. The molecule has 1 fully saturated rings. The second kappa shape index (κ2) is 6.64. The number of hydrogen-bond donors (Lipinski definition) is 3. The van der Waals surface area contributed by atoms with E-state index >= 15 is 0 Å². The molecule has 0 bridgehead atoms. The van der Waals surface area contributed by atoms with E-state index in [2.05, 4.69) is 15.3 Å². The summed E-state index contributed by atoms with van der Waals surface area (Å²) in [6.07, 6.45) is 1.55. The van der Waals surface area contributed by atoms with Crippen LogP contribution in [0.25, 0.3) is 0 Å². The SMILES string of the molecule is O=C(O)C1=C[C@@H](c2ccccc2)c2c(nc(N3CCOCC3)[nH]c2=O)N1. The second-order valence-corrected chi connectivity index (χ2v) is 6.15. The maximum atomic E-state index is 12.8. The van der Waals surface area contributed by atoms with Gasteiger partial charge in [-0.05, 0) is 11.6 Å². The highest BCUT2D eigenvalue weighted by molar-refractivity contribution is 5.91. The maximum absolute atomic E-state index is 12.8. The van der Waals surface area contributed by atoms with Crippen molar-refractivity contribution in [3.8, 4) is 0 Å². The van der Waals surface area contributed by atoms with E-state index in [0.29, 0.717) is 37.8 Å². The van der Waals surface area contributed by atoms with Crippen LogP contribution in [0.1, 0.15) is 17.0 Å². The van der Waals surface area contributed by atoms with E-state index < -0.39 is 11.9 Å². The molecule has 1 aromatic heterocycles. The van der Waals surface area contributed by atoms with Crippen molar-refractivity contribution in [1.82, 2.24) is 9.97 Å². The van der Waals surface area contributed by atoms with Crippen molar-refractivity contribution in [1.29, 1.82) is 0 Å². The molecule has 26 heavy (non-hydrogen) atoms. The number of H-pyrrole nitrogens is 1. The van der Waals surface area contributed by atoms with Gasteiger partial charge >= 0.3 is 5.97 Å². The van der Waals surface area contributed by atoms with Crippen molar-refractivity contribution in [2.75, 3.05) is 36.5 Å². The minimum absolute atomic E-state index is 0.0115. The summed E-state index contributed by atoms with van der Waals surface area (Å²) in [6.45, 7) is 2.35. The highest BCUT2D eigenvalue weighted by Gasteiger charge is 2.29. The molecule has 1 aromatic carbocycles. The lowest BCUT2D eigenvalue weighted by Crippen LogP contribution is -2.39. The Morgan fingerprint density at radius 2 is 1.96 bits per heavy atom. The van der Waals surface area contributed by atoms with Gasteiger partial charge in [0.1, 0.15) is 11.5 Å². The van der Waals surface area contributed by atoms with E-state index in [4.69, 9.17) is 4.74 Å². The van der Waals surface area contributed by atoms with Crippen LogP contribution in [-0.4, -0.2) is 47.3 Å². The molecule has 0 aliphatic carbocycles. The van der Waals surface area contributed by atoms with Gasteiger partial charge in [-0.3, -0.25) is 9.78 Å². The van der Waals surface area contributed by atoms with Crippen molar-refractivity contribution in [3.05, 3.63) is 63.6 Å². The molecule has 2 aliphatic rings. The zero-order chi connectivity index (χ0) is 18.1. The summed E-state index contributed by atoms with van der Waals surface area (Å²) in [5, 5.41) is 12.2. The number of nitrogens with one attached hydrogen (secondary N) is 2. The minimum Gasteiger partial charge on any atom is -0.477 e. The summed E-state index contributed by atoms with van der Waals surface area (Å²) in [5.74, 6) is -0.868. The van der Waals surface area contributed by atoms with Crippen molar-refractivity contribution in [2.24, 2.45) is 0 Å². The number of carboxylic acids is 1. The monoisotopic (exact) mass is 354 g/mol. The van der Waals surface area contributed by atoms with Crippen LogP contribution in [-0.2, 0) is 9.53 Å². The number of morpholine rings is 1. The first-order valence-electron chi connectivity index (χ1n) is 8.37. The van der Waals surface area contributed by atoms with Crippen molar-refractivity contribution < 1.29 is 14.6 Å². The fourth-order valence-electron chi connectivity index (χ4n) is 3.25. The van der Waals surface area contributed by atoms with E-state index in [1.165, 1.54) is 0 Å². The summed E-state index contributed by atoms with van der Waals surface area (Å²) in [6, 6.07) is 9.32. The molecule has 8 heteroatoms. The molecule has 0 saturated carbocycles. The Morgan fingerprint density at radius 3 is 2.65 bits per heavy atom. The molecule has 8 nitrogen and oxygen atoms in total. The number of aliphatic carboxylic acids is 1. The average Bonchev–Trinajstić information content (AvgIpc) is 2.68. The summed E-state index contributed by atoms with van der Waals surface area (Å²) in [7, 11) is 0. The zero-order valence-electron chi connectivity index (χ0n) is 13.9. The molecular formula is C18H18N4O4. The number of fused-ring (bicyclic) bond motifs is 1. The summed E-state index contributed by atoms with van der Waals surface area (Å²) < 4.78 is 5.32. The molecule has 2 aliphatic heterocycles. The standard InChI is InChI=1S/C18H18N4O4/c23-16-14-12(11-4-2-1-3-5-11)10-13(17(24)25)19-15(14)20-18(21-16)22-6-8-26-9-7-22/h1-5,10,12H,6-9H2,(H,24,25)(H2,19,20,21,23)/t12-/m0/s1. The predicted molar refractivity (Wildman–Crippen MR) is 95.5 cm³/mol. The number of aromatic nitrogens is 2. The Balaban J connectivity index is 1.82. The smallest absolute Gasteiger partial charge is 0.352 e. The Hall–Kier alpha value is -3.13. The first-order valence-corrected chi connectivity index (χ1v) is 8.37. The van der Waals surface area contributed by atoms with Gasteiger partial charge in [0.15, 0.2) is 0 Å². The molecule has 1 atom stereocenters. The van der Waals surface area contributed by atoms with E-state index in [1.807, 2.05) is 35.2 Å². The Labute approximate surface area is 149 Å². The fraction of sp³-hybridized carbons (Fsp3) is 0.278. The molecule has 0 amide bonds. The maximum Gasteiger partial charge on any atom is 0.352 e. The van der Waals surface area contributed by atoms with Gasteiger partial charge in [-0.1, -0.05) is 30.3 Å². The number of benzene rings is 1. The number of nitrogens with zero attached hydrogens (tertiary/aromatic N) is 2. The van der Waals surface area contributed by atoms with Gasteiger partial charge in [0.25, 0.3) is 5.56 Å². The van der Waals surface area contributed by atoms with Crippen LogP contribution in [0, 0.1) is 0 Å². The summed E-state index contributed by atoms with van der Waals surface area (Å²) in [4.78, 5) is 33.6. The molecule has 134 valence electrons.